The van der Waals surface area contributed by atoms with Gasteiger partial charge in [-0.3, -0.25) is 0 Å². The molecular weight excluding hydrogens is 289 g/mol. The molecule has 0 saturated heterocycles. The molecule has 0 aliphatic carbocycles. The highest BCUT2D eigenvalue weighted by atomic mass is 35.5. The SMILES string of the molecule is CC1(C)Cc2cc(CNc3cccc(Cl)c3F)ccc2O1. The van der Waals surface area contributed by atoms with Crippen molar-refractivity contribution in [1.29, 1.82) is 0 Å². The highest BCUT2D eigenvalue weighted by molar-refractivity contribution is 6.31. The van der Waals surface area contributed by atoms with Crippen LogP contribution in [-0.4, -0.2) is 5.60 Å². The van der Waals surface area contributed by atoms with Gasteiger partial charge in [-0.1, -0.05) is 29.8 Å². The molecule has 110 valence electrons. The zero-order valence-electron chi connectivity index (χ0n) is 12.0. The quantitative estimate of drug-likeness (QED) is 0.879. The molecule has 1 heterocycles. The summed E-state index contributed by atoms with van der Waals surface area (Å²) in [7, 11) is 0. The second kappa shape index (κ2) is 5.23. The van der Waals surface area contributed by atoms with Crippen LogP contribution in [0, 0.1) is 5.82 Å². The van der Waals surface area contributed by atoms with Gasteiger partial charge in [0.1, 0.15) is 11.4 Å². The Hall–Kier alpha value is -1.74. The van der Waals surface area contributed by atoms with Crippen molar-refractivity contribution in [3.8, 4) is 5.75 Å². The van der Waals surface area contributed by atoms with Crippen molar-refractivity contribution in [2.45, 2.75) is 32.4 Å². The summed E-state index contributed by atoms with van der Waals surface area (Å²) in [5.74, 6) is 0.530. The number of benzene rings is 2. The van der Waals surface area contributed by atoms with Crippen molar-refractivity contribution in [3.05, 3.63) is 58.4 Å². The van der Waals surface area contributed by atoms with Crippen LogP contribution in [0.25, 0.3) is 0 Å². The van der Waals surface area contributed by atoms with E-state index in [1.165, 1.54) is 11.6 Å². The van der Waals surface area contributed by atoms with Crippen LogP contribution in [0.5, 0.6) is 5.75 Å². The molecule has 2 aromatic carbocycles. The van der Waals surface area contributed by atoms with Crippen LogP contribution in [0.1, 0.15) is 25.0 Å². The fourth-order valence-corrected chi connectivity index (χ4v) is 2.79. The minimum atomic E-state index is -0.412. The van der Waals surface area contributed by atoms with Gasteiger partial charge in [-0.2, -0.15) is 0 Å². The van der Waals surface area contributed by atoms with Gasteiger partial charge in [-0.05, 0) is 43.2 Å². The fraction of sp³-hybridized carbons (Fsp3) is 0.294. The maximum atomic E-state index is 13.8. The predicted octanol–water partition coefficient (Wildman–Crippen LogP) is 4.80. The van der Waals surface area contributed by atoms with Crippen molar-refractivity contribution in [1.82, 2.24) is 0 Å². The Labute approximate surface area is 128 Å². The Balaban J connectivity index is 1.74. The van der Waals surface area contributed by atoms with Crippen LogP contribution >= 0.6 is 11.6 Å². The summed E-state index contributed by atoms with van der Waals surface area (Å²) in [6, 6.07) is 11.0. The average molecular weight is 306 g/mol. The van der Waals surface area contributed by atoms with Crippen molar-refractivity contribution < 1.29 is 9.13 Å². The first kappa shape index (κ1) is 14.2. The van der Waals surface area contributed by atoms with Gasteiger partial charge >= 0.3 is 0 Å². The zero-order chi connectivity index (χ0) is 15.0. The monoisotopic (exact) mass is 305 g/mol. The molecule has 0 fully saturated rings. The number of fused-ring (bicyclic) bond motifs is 1. The Morgan fingerprint density at radius 2 is 2.10 bits per heavy atom. The van der Waals surface area contributed by atoms with Crippen molar-refractivity contribution >= 4 is 17.3 Å². The smallest absolute Gasteiger partial charge is 0.164 e. The largest absolute Gasteiger partial charge is 0.487 e. The summed E-state index contributed by atoms with van der Waals surface area (Å²) in [4.78, 5) is 0. The Bertz CT molecular complexity index is 684. The lowest BCUT2D eigenvalue weighted by molar-refractivity contribution is 0.138. The van der Waals surface area contributed by atoms with Gasteiger partial charge in [0.25, 0.3) is 0 Å². The fourth-order valence-electron chi connectivity index (χ4n) is 2.61. The molecule has 0 atom stereocenters. The molecule has 1 N–H and O–H groups in total. The summed E-state index contributed by atoms with van der Waals surface area (Å²) in [6.45, 7) is 4.70. The van der Waals surface area contributed by atoms with E-state index in [4.69, 9.17) is 16.3 Å². The van der Waals surface area contributed by atoms with Crippen LogP contribution < -0.4 is 10.1 Å². The summed E-state index contributed by atoms with van der Waals surface area (Å²) in [5, 5.41) is 3.21. The molecule has 0 radical (unpaired) electrons. The van der Waals surface area contributed by atoms with Gasteiger partial charge in [0.15, 0.2) is 5.82 Å². The second-order valence-electron chi connectivity index (χ2n) is 5.94. The number of hydrogen-bond acceptors (Lipinski definition) is 2. The third-order valence-corrected chi connectivity index (χ3v) is 3.85. The van der Waals surface area contributed by atoms with Gasteiger partial charge in [-0.25, -0.2) is 4.39 Å². The van der Waals surface area contributed by atoms with Crippen molar-refractivity contribution in [2.75, 3.05) is 5.32 Å². The third kappa shape index (κ3) is 2.98. The highest BCUT2D eigenvalue weighted by Crippen LogP contribution is 2.35. The van der Waals surface area contributed by atoms with Gasteiger partial charge in [-0.15, -0.1) is 0 Å². The minimum absolute atomic E-state index is 0.129. The van der Waals surface area contributed by atoms with E-state index in [-0.39, 0.29) is 10.6 Å². The molecule has 0 saturated carbocycles. The lowest BCUT2D eigenvalue weighted by Crippen LogP contribution is -2.24. The minimum Gasteiger partial charge on any atom is -0.487 e. The number of anilines is 1. The molecule has 21 heavy (non-hydrogen) atoms. The molecule has 4 heteroatoms. The number of nitrogens with one attached hydrogen (secondary N) is 1. The van der Waals surface area contributed by atoms with Crippen LogP contribution in [0.2, 0.25) is 5.02 Å². The van der Waals surface area contributed by atoms with Crippen molar-refractivity contribution in [2.24, 2.45) is 0 Å². The first-order valence-electron chi connectivity index (χ1n) is 6.93. The summed E-state index contributed by atoms with van der Waals surface area (Å²) in [5.41, 5.74) is 2.56. The molecule has 0 unspecified atom stereocenters. The average Bonchev–Trinajstić information content (AvgIpc) is 2.73. The molecule has 0 amide bonds. The first-order chi connectivity index (χ1) is 9.94. The Morgan fingerprint density at radius 3 is 2.90 bits per heavy atom. The van der Waals surface area contributed by atoms with E-state index in [2.05, 4.69) is 25.2 Å². The van der Waals surface area contributed by atoms with Gasteiger partial charge in [0.2, 0.25) is 0 Å². The molecule has 1 aliphatic rings. The van der Waals surface area contributed by atoms with Crippen LogP contribution in [0.3, 0.4) is 0 Å². The van der Waals surface area contributed by atoms with Gasteiger partial charge in [0.05, 0.1) is 10.7 Å². The standard InChI is InChI=1S/C17H17ClFNO/c1-17(2)9-12-8-11(6-7-15(12)21-17)10-20-14-5-3-4-13(18)16(14)19/h3-8,20H,9-10H2,1-2H3. The topological polar surface area (TPSA) is 21.3 Å². The molecule has 2 nitrogen and oxygen atoms in total. The third-order valence-electron chi connectivity index (χ3n) is 3.56. The molecular formula is C17H17ClFNO. The Morgan fingerprint density at radius 1 is 1.29 bits per heavy atom. The molecule has 0 bridgehead atoms. The summed E-state index contributed by atoms with van der Waals surface area (Å²) < 4.78 is 19.7. The normalized spacial score (nSPS) is 15.4. The zero-order valence-corrected chi connectivity index (χ0v) is 12.8. The maximum absolute atomic E-state index is 13.8. The first-order valence-corrected chi connectivity index (χ1v) is 7.31. The van der Waals surface area contributed by atoms with E-state index in [0.717, 1.165) is 17.7 Å². The van der Waals surface area contributed by atoms with Gasteiger partial charge in [0, 0.05) is 13.0 Å². The summed E-state index contributed by atoms with van der Waals surface area (Å²) >= 11 is 5.77. The molecule has 0 spiro atoms. The highest BCUT2D eigenvalue weighted by Gasteiger charge is 2.29. The lowest BCUT2D eigenvalue weighted by atomic mass is 10.0. The number of rotatable bonds is 3. The van der Waals surface area contributed by atoms with E-state index in [1.807, 2.05) is 12.1 Å². The van der Waals surface area contributed by atoms with Gasteiger partial charge < -0.3 is 10.1 Å². The van der Waals surface area contributed by atoms with E-state index in [9.17, 15) is 4.39 Å². The van der Waals surface area contributed by atoms with E-state index >= 15 is 0 Å². The van der Waals surface area contributed by atoms with Crippen LogP contribution in [0.4, 0.5) is 10.1 Å². The molecule has 0 aromatic heterocycles. The Kier molecular flexibility index (Phi) is 3.54. The number of hydrogen-bond donors (Lipinski definition) is 1. The number of halogens is 2. The molecule has 2 aromatic rings. The second-order valence-corrected chi connectivity index (χ2v) is 6.34. The van der Waals surface area contributed by atoms with E-state index < -0.39 is 5.82 Å². The van der Waals surface area contributed by atoms with Crippen LogP contribution in [0.15, 0.2) is 36.4 Å². The number of ether oxygens (including phenoxy) is 1. The van der Waals surface area contributed by atoms with E-state index in [1.54, 1.807) is 12.1 Å². The lowest BCUT2D eigenvalue weighted by Gasteiger charge is -2.16. The van der Waals surface area contributed by atoms with E-state index in [0.29, 0.717) is 12.2 Å². The van der Waals surface area contributed by atoms with Crippen molar-refractivity contribution in [3.63, 3.8) is 0 Å². The molecule has 3 rings (SSSR count). The predicted molar refractivity (Wildman–Crippen MR) is 83.6 cm³/mol. The molecule has 1 aliphatic heterocycles. The van der Waals surface area contributed by atoms with Crippen LogP contribution in [-0.2, 0) is 13.0 Å². The summed E-state index contributed by atoms with van der Waals surface area (Å²) in [6.07, 6.45) is 0.891. The maximum Gasteiger partial charge on any atom is 0.164 e.